The molecule has 2 rings (SSSR count). The quantitative estimate of drug-likeness (QED) is 0.831. The first-order chi connectivity index (χ1) is 12.9. The third-order valence-corrected chi connectivity index (χ3v) is 4.07. The molecular weight excluding hydrogens is 377 g/mol. The smallest absolute Gasteiger partial charge is 0.444 e. The van der Waals surface area contributed by atoms with E-state index >= 15 is 0 Å². The molecule has 1 N–H and O–H groups in total. The minimum absolute atomic E-state index is 0.175. The van der Waals surface area contributed by atoms with E-state index in [-0.39, 0.29) is 30.7 Å². The highest BCUT2D eigenvalue weighted by Crippen LogP contribution is 2.23. The summed E-state index contributed by atoms with van der Waals surface area (Å²) < 4.78 is 45.6. The van der Waals surface area contributed by atoms with Crippen molar-refractivity contribution in [3.8, 4) is 5.75 Å². The summed E-state index contributed by atoms with van der Waals surface area (Å²) in [4.78, 5) is 26.1. The molecule has 9 heteroatoms. The fraction of sp³-hybridized carbons (Fsp3) is 0.579. The first-order valence-electron chi connectivity index (χ1n) is 9.03. The van der Waals surface area contributed by atoms with Crippen LogP contribution in [0.1, 0.15) is 39.2 Å². The van der Waals surface area contributed by atoms with Gasteiger partial charge >= 0.3 is 12.5 Å². The van der Waals surface area contributed by atoms with E-state index in [1.54, 1.807) is 20.8 Å². The number of nitrogens with one attached hydrogen (secondary N) is 1. The molecule has 1 aromatic carbocycles. The van der Waals surface area contributed by atoms with Gasteiger partial charge < -0.3 is 19.7 Å². The maximum Gasteiger partial charge on any atom is 0.573 e. The summed E-state index contributed by atoms with van der Waals surface area (Å²) in [7, 11) is 0. The molecule has 28 heavy (non-hydrogen) atoms. The molecule has 156 valence electrons. The second kappa shape index (κ2) is 8.70. The average molecular weight is 402 g/mol. The number of hydrogen-bond acceptors (Lipinski definition) is 4. The zero-order chi connectivity index (χ0) is 20.9. The van der Waals surface area contributed by atoms with Crippen LogP contribution in [0.5, 0.6) is 5.75 Å². The number of alkyl halides is 3. The van der Waals surface area contributed by atoms with Gasteiger partial charge in [-0.05, 0) is 51.3 Å². The monoisotopic (exact) mass is 402 g/mol. The second-order valence-corrected chi connectivity index (χ2v) is 7.68. The predicted octanol–water partition coefficient (Wildman–Crippen LogP) is 3.85. The zero-order valence-electron chi connectivity index (χ0n) is 16.1. The zero-order valence-corrected chi connectivity index (χ0v) is 16.1. The highest BCUT2D eigenvalue weighted by molar-refractivity contribution is 5.80. The van der Waals surface area contributed by atoms with Gasteiger partial charge in [-0.2, -0.15) is 0 Å². The van der Waals surface area contributed by atoms with Crippen LogP contribution in [0.15, 0.2) is 24.3 Å². The molecule has 1 aliphatic rings. The van der Waals surface area contributed by atoms with Crippen LogP contribution in [0, 0.1) is 5.92 Å². The van der Waals surface area contributed by atoms with Gasteiger partial charge in [0.2, 0.25) is 5.91 Å². The number of likely N-dealkylation sites (tertiary alicyclic amines) is 1. The van der Waals surface area contributed by atoms with Crippen molar-refractivity contribution in [1.82, 2.24) is 10.2 Å². The Labute approximate surface area is 162 Å². The normalized spacial score (nSPS) is 17.8. The van der Waals surface area contributed by atoms with Crippen molar-refractivity contribution in [1.29, 1.82) is 0 Å². The van der Waals surface area contributed by atoms with Crippen molar-refractivity contribution < 1.29 is 32.2 Å². The van der Waals surface area contributed by atoms with Gasteiger partial charge in [0, 0.05) is 19.6 Å². The predicted molar refractivity (Wildman–Crippen MR) is 95.5 cm³/mol. The first-order valence-corrected chi connectivity index (χ1v) is 9.03. The Kier molecular flexibility index (Phi) is 6.79. The van der Waals surface area contributed by atoms with E-state index in [0.717, 1.165) is 0 Å². The van der Waals surface area contributed by atoms with Crippen LogP contribution in [0.3, 0.4) is 0 Å². The minimum atomic E-state index is -4.74. The first kappa shape index (κ1) is 21.8. The van der Waals surface area contributed by atoms with Crippen LogP contribution in [0.4, 0.5) is 18.0 Å². The third-order valence-electron chi connectivity index (χ3n) is 4.07. The lowest BCUT2D eigenvalue weighted by molar-refractivity contribution is -0.274. The van der Waals surface area contributed by atoms with Crippen LogP contribution in [-0.4, -0.2) is 42.0 Å². The topological polar surface area (TPSA) is 67.9 Å². The summed E-state index contributed by atoms with van der Waals surface area (Å²) in [5.74, 6) is -0.874. The number of carbonyl (C=O) groups excluding carboxylic acids is 2. The molecule has 1 fully saturated rings. The number of carbonyl (C=O) groups is 2. The van der Waals surface area contributed by atoms with Crippen LogP contribution in [0.2, 0.25) is 0 Å². The molecule has 0 radical (unpaired) electrons. The Balaban J connectivity index is 1.84. The Hall–Kier alpha value is -2.45. The van der Waals surface area contributed by atoms with Crippen LogP contribution in [-0.2, 0) is 16.1 Å². The lowest BCUT2D eigenvalue weighted by Gasteiger charge is -2.33. The van der Waals surface area contributed by atoms with E-state index in [0.29, 0.717) is 24.9 Å². The molecule has 0 aliphatic carbocycles. The highest BCUT2D eigenvalue weighted by atomic mass is 19.4. The molecule has 1 heterocycles. The number of benzene rings is 1. The number of amides is 2. The van der Waals surface area contributed by atoms with E-state index in [1.807, 2.05) is 0 Å². The van der Waals surface area contributed by atoms with Crippen molar-refractivity contribution in [2.24, 2.45) is 5.92 Å². The van der Waals surface area contributed by atoms with Crippen LogP contribution in [0.25, 0.3) is 0 Å². The van der Waals surface area contributed by atoms with Gasteiger partial charge in [0.25, 0.3) is 0 Å². The SMILES string of the molecule is CC(C)(C)OC(=O)N1CCCC(C(=O)NCc2ccc(OC(F)(F)F)cc2)C1. The van der Waals surface area contributed by atoms with Gasteiger partial charge in [0.05, 0.1) is 5.92 Å². The number of hydrogen-bond donors (Lipinski definition) is 1. The van der Waals surface area contributed by atoms with E-state index in [4.69, 9.17) is 4.74 Å². The summed E-state index contributed by atoms with van der Waals surface area (Å²) in [5.41, 5.74) is 0.0385. The van der Waals surface area contributed by atoms with Gasteiger partial charge in [-0.25, -0.2) is 4.79 Å². The molecule has 1 atom stereocenters. The third kappa shape index (κ3) is 7.28. The van der Waals surface area contributed by atoms with Crippen molar-refractivity contribution >= 4 is 12.0 Å². The van der Waals surface area contributed by atoms with Crippen molar-refractivity contribution in [3.63, 3.8) is 0 Å². The summed E-state index contributed by atoms with van der Waals surface area (Å²) in [6.45, 7) is 6.34. The number of nitrogens with zero attached hydrogens (tertiary/aromatic N) is 1. The molecule has 1 unspecified atom stereocenters. The van der Waals surface area contributed by atoms with Gasteiger partial charge in [0.15, 0.2) is 0 Å². The van der Waals surface area contributed by atoms with Crippen LogP contribution < -0.4 is 10.1 Å². The molecular formula is C19H25F3N2O4. The molecule has 1 aromatic rings. The molecule has 0 aromatic heterocycles. The Morgan fingerprint density at radius 1 is 1.18 bits per heavy atom. The fourth-order valence-corrected chi connectivity index (χ4v) is 2.83. The Morgan fingerprint density at radius 2 is 1.82 bits per heavy atom. The Morgan fingerprint density at radius 3 is 2.39 bits per heavy atom. The molecule has 0 spiro atoms. The van der Waals surface area contributed by atoms with Crippen LogP contribution >= 0.6 is 0 Å². The summed E-state index contributed by atoms with van der Waals surface area (Å²) >= 11 is 0. The standard InChI is InChI=1S/C19H25F3N2O4/c1-18(2,3)28-17(26)24-10-4-5-14(12-24)16(25)23-11-13-6-8-15(9-7-13)27-19(20,21)22/h6-9,14H,4-5,10-12H2,1-3H3,(H,23,25). The van der Waals surface area contributed by atoms with E-state index in [2.05, 4.69) is 10.1 Å². The molecule has 6 nitrogen and oxygen atoms in total. The molecule has 0 bridgehead atoms. The van der Waals surface area contributed by atoms with E-state index in [9.17, 15) is 22.8 Å². The Bertz CT molecular complexity index is 684. The number of rotatable bonds is 4. The highest BCUT2D eigenvalue weighted by Gasteiger charge is 2.32. The molecule has 1 aliphatic heterocycles. The number of piperidine rings is 1. The summed E-state index contributed by atoms with van der Waals surface area (Å²) in [6, 6.07) is 5.30. The lowest BCUT2D eigenvalue weighted by Crippen LogP contribution is -2.46. The van der Waals surface area contributed by atoms with Crippen molar-refractivity contribution in [2.75, 3.05) is 13.1 Å². The average Bonchev–Trinajstić information content (AvgIpc) is 2.58. The largest absolute Gasteiger partial charge is 0.573 e. The number of halogens is 3. The number of ether oxygens (including phenoxy) is 2. The van der Waals surface area contributed by atoms with Gasteiger partial charge in [-0.3, -0.25) is 4.79 Å². The maximum absolute atomic E-state index is 12.4. The van der Waals surface area contributed by atoms with Crippen molar-refractivity contribution in [3.05, 3.63) is 29.8 Å². The van der Waals surface area contributed by atoms with E-state index in [1.165, 1.54) is 29.2 Å². The van der Waals surface area contributed by atoms with Gasteiger partial charge in [-0.15, -0.1) is 13.2 Å². The van der Waals surface area contributed by atoms with E-state index < -0.39 is 18.1 Å². The molecule has 1 saturated heterocycles. The second-order valence-electron chi connectivity index (χ2n) is 7.68. The maximum atomic E-state index is 12.4. The van der Waals surface area contributed by atoms with Crippen molar-refractivity contribution in [2.45, 2.75) is 52.1 Å². The summed E-state index contributed by atoms with van der Waals surface area (Å²) in [5, 5.41) is 2.76. The van der Waals surface area contributed by atoms with Gasteiger partial charge in [0.1, 0.15) is 11.4 Å². The fourth-order valence-electron chi connectivity index (χ4n) is 2.83. The minimum Gasteiger partial charge on any atom is -0.444 e. The lowest BCUT2D eigenvalue weighted by atomic mass is 9.97. The molecule has 0 saturated carbocycles. The molecule has 2 amide bonds. The summed E-state index contributed by atoms with van der Waals surface area (Å²) in [6.07, 6.45) is -3.83. The van der Waals surface area contributed by atoms with Gasteiger partial charge in [-0.1, -0.05) is 12.1 Å².